The first-order valence-electron chi connectivity index (χ1n) is 8.20. The number of hydrogen-bond donors (Lipinski definition) is 0. The number of anilines is 1. The number of carbonyl (C=O) groups is 1. The van der Waals surface area contributed by atoms with E-state index in [1.54, 1.807) is 12.4 Å². The summed E-state index contributed by atoms with van der Waals surface area (Å²) in [6.07, 6.45) is 3.90. The molecule has 0 saturated heterocycles. The van der Waals surface area contributed by atoms with E-state index in [0.717, 1.165) is 11.3 Å². The second kappa shape index (κ2) is 8.20. The molecule has 0 spiro atoms. The van der Waals surface area contributed by atoms with Crippen LogP contribution in [0.3, 0.4) is 0 Å². The van der Waals surface area contributed by atoms with E-state index in [-0.39, 0.29) is 11.6 Å². The molecule has 3 nitrogen and oxygen atoms in total. The standard InChI is InChI=1S/C21H19FN2O/c22-19-8-6-18(7-9-19)21(25)12-15-24(20-4-2-1-3-5-20)16-17-10-13-23-14-11-17/h1-11,13-14H,12,15-16H2. The molecular formula is C21H19FN2O. The largest absolute Gasteiger partial charge is 0.367 e. The maximum Gasteiger partial charge on any atom is 0.164 e. The smallest absolute Gasteiger partial charge is 0.164 e. The molecule has 0 unspecified atom stereocenters. The van der Waals surface area contributed by atoms with Crippen molar-refractivity contribution < 1.29 is 9.18 Å². The van der Waals surface area contributed by atoms with Crippen LogP contribution in [0.1, 0.15) is 22.3 Å². The first-order chi connectivity index (χ1) is 12.2. The highest BCUT2D eigenvalue weighted by Crippen LogP contribution is 2.18. The Morgan fingerprint density at radius 3 is 2.28 bits per heavy atom. The van der Waals surface area contributed by atoms with Crippen LogP contribution < -0.4 is 4.90 Å². The van der Waals surface area contributed by atoms with Gasteiger partial charge in [-0.3, -0.25) is 9.78 Å². The fourth-order valence-corrected chi connectivity index (χ4v) is 2.66. The highest BCUT2D eigenvalue weighted by Gasteiger charge is 2.12. The number of pyridine rings is 1. The second-order valence-corrected chi connectivity index (χ2v) is 5.79. The van der Waals surface area contributed by atoms with Crippen molar-refractivity contribution in [3.8, 4) is 0 Å². The van der Waals surface area contributed by atoms with Crippen LogP contribution in [-0.4, -0.2) is 17.3 Å². The maximum atomic E-state index is 13.0. The van der Waals surface area contributed by atoms with Crippen molar-refractivity contribution in [2.45, 2.75) is 13.0 Å². The molecule has 3 aromatic rings. The van der Waals surface area contributed by atoms with Crippen molar-refractivity contribution in [1.29, 1.82) is 0 Å². The Morgan fingerprint density at radius 2 is 1.60 bits per heavy atom. The summed E-state index contributed by atoms with van der Waals surface area (Å²) in [7, 11) is 0. The number of nitrogens with zero attached hydrogens (tertiary/aromatic N) is 2. The minimum atomic E-state index is -0.333. The van der Waals surface area contributed by atoms with Crippen molar-refractivity contribution >= 4 is 11.5 Å². The van der Waals surface area contributed by atoms with E-state index in [2.05, 4.69) is 9.88 Å². The highest BCUT2D eigenvalue weighted by atomic mass is 19.1. The van der Waals surface area contributed by atoms with Gasteiger partial charge >= 0.3 is 0 Å². The van der Waals surface area contributed by atoms with E-state index in [1.165, 1.54) is 24.3 Å². The monoisotopic (exact) mass is 334 g/mol. The number of benzene rings is 2. The number of halogens is 1. The predicted octanol–water partition coefficient (Wildman–Crippen LogP) is 4.50. The van der Waals surface area contributed by atoms with Crippen molar-refractivity contribution in [1.82, 2.24) is 4.98 Å². The van der Waals surface area contributed by atoms with Crippen LogP contribution in [0.4, 0.5) is 10.1 Å². The van der Waals surface area contributed by atoms with Gasteiger partial charge in [0, 0.05) is 43.2 Å². The van der Waals surface area contributed by atoms with Crippen molar-refractivity contribution in [3.05, 3.63) is 96.1 Å². The molecule has 0 saturated carbocycles. The minimum absolute atomic E-state index is 0.00987. The molecule has 0 N–H and O–H groups in total. The first-order valence-corrected chi connectivity index (χ1v) is 8.20. The lowest BCUT2D eigenvalue weighted by Gasteiger charge is -2.24. The van der Waals surface area contributed by atoms with Crippen LogP contribution in [-0.2, 0) is 6.54 Å². The van der Waals surface area contributed by atoms with Gasteiger partial charge in [0.25, 0.3) is 0 Å². The van der Waals surface area contributed by atoms with E-state index >= 15 is 0 Å². The Balaban J connectivity index is 1.71. The van der Waals surface area contributed by atoms with E-state index < -0.39 is 0 Å². The Hall–Kier alpha value is -3.01. The van der Waals surface area contributed by atoms with Gasteiger partial charge in [0.15, 0.2) is 5.78 Å². The molecule has 0 atom stereocenters. The number of para-hydroxylation sites is 1. The molecule has 4 heteroatoms. The topological polar surface area (TPSA) is 33.2 Å². The Bertz CT molecular complexity index is 804. The Morgan fingerprint density at radius 1 is 0.920 bits per heavy atom. The average molecular weight is 334 g/mol. The molecule has 0 aliphatic carbocycles. The lowest BCUT2D eigenvalue weighted by Crippen LogP contribution is -2.25. The molecule has 0 amide bonds. The zero-order chi connectivity index (χ0) is 17.5. The maximum absolute atomic E-state index is 13.0. The van der Waals surface area contributed by atoms with Gasteiger partial charge in [0.05, 0.1) is 0 Å². The quantitative estimate of drug-likeness (QED) is 0.597. The van der Waals surface area contributed by atoms with Crippen LogP contribution in [0, 0.1) is 5.82 Å². The molecule has 2 aromatic carbocycles. The number of aromatic nitrogens is 1. The van der Waals surface area contributed by atoms with Crippen molar-refractivity contribution in [2.75, 3.05) is 11.4 Å². The van der Waals surface area contributed by atoms with Crippen molar-refractivity contribution in [3.63, 3.8) is 0 Å². The summed E-state index contributed by atoms with van der Waals surface area (Å²) >= 11 is 0. The van der Waals surface area contributed by atoms with Gasteiger partial charge in [-0.15, -0.1) is 0 Å². The molecule has 1 heterocycles. The molecule has 0 aliphatic rings. The summed E-state index contributed by atoms with van der Waals surface area (Å²) in [5.74, 6) is -0.323. The number of ketones is 1. The molecular weight excluding hydrogens is 315 g/mol. The molecule has 25 heavy (non-hydrogen) atoms. The van der Waals surface area contributed by atoms with Gasteiger partial charge in [0.2, 0.25) is 0 Å². The summed E-state index contributed by atoms with van der Waals surface area (Å²) < 4.78 is 13.0. The SMILES string of the molecule is O=C(CCN(Cc1ccncc1)c1ccccc1)c1ccc(F)cc1. The van der Waals surface area contributed by atoms with E-state index in [1.807, 2.05) is 42.5 Å². The third kappa shape index (κ3) is 4.73. The number of Topliss-reactive ketones (excluding diaryl/α,β-unsaturated/α-hetero) is 1. The number of carbonyl (C=O) groups excluding carboxylic acids is 1. The van der Waals surface area contributed by atoms with E-state index in [4.69, 9.17) is 0 Å². The molecule has 0 aliphatic heterocycles. The molecule has 126 valence electrons. The second-order valence-electron chi connectivity index (χ2n) is 5.79. The molecule has 1 aromatic heterocycles. The molecule has 0 bridgehead atoms. The van der Waals surface area contributed by atoms with Crippen LogP contribution >= 0.6 is 0 Å². The van der Waals surface area contributed by atoms with Gasteiger partial charge in [0.1, 0.15) is 5.82 Å². The van der Waals surface area contributed by atoms with Gasteiger partial charge in [-0.05, 0) is 54.1 Å². The zero-order valence-electron chi connectivity index (χ0n) is 13.8. The van der Waals surface area contributed by atoms with Crippen LogP contribution in [0.25, 0.3) is 0 Å². The predicted molar refractivity (Wildman–Crippen MR) is 97.1 cm³/mol. The Labute approximate surface area is 146 Å². The molecule has 3 rings (SSSR count). The van der Waals surface area contributed by atoms with Crippen molar-refractivity contribution in [2.24, 2.45) is 0 Å². The molecule has 0 radical (unpaired) electrons. The summed E-state index contributed by atoms with van der Waals surface area (Å²) in [5, 5.41) is 0. The highest BCUT2D eigenvalue weighted by molar-refractivity contribution is 5.96. The van der Waals surface area contributed by atoms with Crippen LogP contribution in [0.15, 0.2) is 79.1 Å². The zero-order valence-corrected chi connectivity index (χ0v) is 13.8. The van der Waals surface area contributed by atoms with Gasteiger partial charge in [-0.2, -0.15) is 0 Å². The fourth-order valence-electron chi connectivity index (χ4n) is 2.66. The molecule has 0 fully saturated rings. The lowest BCUT2D eigenvalue weighted by atomic mass is 10.1. The number of hydrogen-bond acceptors (Lipinski definition) is 3. The third-order valence-electron chi connectivity index (χ3n) is 4.02. The Kier molecular flexibility index (Phi) is 5.52. The fraction of sp³-hybridized carbons (Fsp3) is 0.143. The summed E-state index contributed by atoms with van der Waals surface area (Å²) in [6, 6.07) is 19.6. The van der Waals surface area contributed by atoms with Crippen LogP contribution in [0.5, 0.6) is 0 Å². The number of rotatable bonds is 7. The summed E-state index contributed by atoms with van der Waals surface area (Å²) in [4.78, 5) is 18.6. The third-order valence-corrected chi connectivity index (χ3v) is 4.02. The lowest BCUT2D eigenvalue weighted by molar-refractivity contribution is 0.0984. The normalized spacial score (nSPS) is 10.4. The van der Waals surface area contributed by atoms with Crippen LogP contribution in [0.2, 0.25) is 0 Å². The van der Waals surface area contributed by atoms with Gasteiger partial charge in [-0.1, -0.05) is 18.2 Å². The average Bonchev–Trinajstić information content (AvgIpc) is 2.67. The summed E-state index contributed by atoms with van der Waals surface area (Å²) in [5.41, 5.74) is 2.73. The van der Waals surface area contributed by atoms with Gasteiger partial charge < -0.3 is 4.90 Å². The minimum Gasteiger partial charge on any atom is -0.367 e. The first kappa shape index (κ1) is 16.8. The van der Waals surface area contributed by atoms with E-state index in [9.17, 15) is 9.18 Å². The van der Waals surface area contributed by atoms with E-state index in [0.29, 0.717) is 25.1 Å². The summed E-state index contributed by atoms with van der Waals surface area (Å²) in [6.45, 7) is 1.28. The van der Waals surface area contributed by atoms with Gasteiger partial charge in [-0.25, -0.2) is 4.39 Å².